The minimum atomic E-state index is -0.244. The van der Waals surface area contributed by atoms with Crippen LogP contribution in [0.2, 0.25) is 5.15 Å². The van der Waals surface area contributed by atoms with Crippen molar-refractivity contribution in [2.75, 3.05) is 0 Å². The number of benzene rings is 1. The van der Waals surface area contributed by atoms with Gasteiger partial charge in [0.2, 0.25) is 0 Å². The van der Waals surface area contributed by atoms with Crippen molar-refractivity contribution in [3.8, 4) is 0 Å². The number of halogens is 1. The smallest absolute Gasteiger partial charge is 0.266 e. The maximum atomic E-state index is 11.8. The predicted octanol–water partition coefficient (Wildman–Crippen LogP) is 3.72. The van der Waals surface area contributed by atoms with Crippen molar-refractivity contribution in [1.29, 1.82) is 0 Å². The van der Waals surface area contributed by atoms with Crippen LogP contribution < -0.4 is 5.43 Å². The first kappa shape index (κ1) is 16.4. The summed E-state index contributed by atoms with van der Waals surface area (Å²) in [7, 11) is 0. The fourth-order valence-corrected chi connectivity index (χ4v) is 3.09. The summed E-state index contributed by atoms with van der Waals surface area (Å²) in [6.07, 6.45) is 1.53. The molecule has 3 rings (SSSR count). The van der Waals surface area contributed by atoms with Gasteiger partial charge >= 0.3 is 0 Å². The summed E-state index contributed by atoms with van der Waals surface area (Å²) in [6, 6.07) is 13.5. The Bertz CT molecular complexity index is 856. The summed E-state index contributed by atoms with van der Waals surface area (Å²) >= 11 is 7.75. The molecule has 2 heterocycles. The van der Waals surface area contributed by atoms with Gasteiger partial charge in [-0.25, -0.2) is 10.1 Å². The molecule has 3 aromatic rings. The molecule has 0 saturated heterocycles. The van der Waals surface area contributed by atoms with Crippen molar-refractivity contribution >= 4 is 35.1 Å². The Balaban J connectivity index is 1.72. The lowest BCUT2D eigenvalue weighted by Gasteiger charge is -2.03. The second-order valence-corrected chi connectivity index (χ2v) is 6.42. The molecule has 0 spiro atoms. The van der Waals surface area contributed by atoms with Crippen LogP contribution in [0.4, 0.5) is 0 Å². The predicted molar refractivity (Wildman–Crippen MR) is 96.9 cm³/mol. The zero-order valence-corrected chi connectivity index (χ0v) is 14.5. The van der Waals surface area contributed by atoms with Crippen LogP contribution in [-0.2, 0) is 6.54 Å². The average Bonchev–Trinajstić information content (AvgIpc) is 3.20. The third kappa shape index (κ3) is 3.72. The highest BCUT2D eigenvalue weighted by atomic mass is 35.5. The first-order valence-corrected chi connectivity index (χ1v) is 8.54. The summed E-state index contributed by atoms with van der Waals surface area (Å²) in [6.45, 7) is 2.44. The Morgan fingerprint density at radius 3 is 2.83 bits per heavy atom. The summed E-state index contributed by atoms with van der Waals surface area (Å²) in [5, 5.41) is 10.8. The first-order chi connectivity index (χ1) is 11.6. The minimum Gasteiger partial charge on any atom is -0.266 e. The molecule has 2 aromatic heterocycles. The maximum absolute atomic E-state index is 11.8. The molecule has 0 radical (unpaired) electrons. The number of thiophene rings is 1. The maximum Gasteiger partial charge on any atom is 0.281 e. The van der Waals surface area contributed by atoms with E-state index in [9.17, 15) is 4.79 Å². The lowest BCUT2D eigenvalue weighted by Crippen LogP contribution is -2.16. The third-order valence-electron chi connectivity index (χ3n) is 3.39. The van der Waals surface area contributed by atoms with Crippen molar-refractivity contribution in [3.63, 3.8) is 0 Å². The molecule has 0 aliphatic heterocycles. The van der Waals surface area contributed by atoms with Crippen molar-refractivity contribution in [2.24, 2.45) is 5.10 Å². The molecule has 1 aromatic carbocycles. The van der Waals surface area contributed by atoms with Crippen LogP contribution in [0.25, 0.3) is 0 Å². The zero-order chi connectivity index (χ0) is 16.9. The van der Waals surface area contributed by atoms with Gasteiger partial charge in [0.25, 0.3) is 5.91 Å². The lowest BCUT2D eigenvalue weighted by atomic mass is 10.2. The standard InChI is InChI=1S/C17H15ClN4OS/c1-12-14(10-19-20-17(23)15-8-5-9-24-15)16(18)22(21-12)11-13-6-3-2-4-7-13/h2-10H,11H2,1H3,(H,20,23). The van der Waals surface area contributed by atoms with Gasteiger partial charge < -0.3 is 0 Å². The van der Waals surface area contributed by atoms with Crippen LogP contribution in [0.5, 0.6) is 0 Å². The van der Waals surface area contributed by atoms with Gasteiger partial charge in [-0.2, -0.15) is 10.2 Å². The van der Waals surface area contributed by atoms with E-state index in [1.807, 2.05) is 48.7 Å². The fraction of sp³-hybridized carbons (Fsp3) is 0.118. The van der Waals surface area contributed by atoms with Gasteiger partial charge in [-0.15, -0.1) is 11.3 Å². The van der Waals surface area contributed by atoms with Crippen LogP contribution in [0.3, 0.4) is 0 Å². The molecule has 7 heteroatoms. The molecule has 0 atom stereocenters. The first-order valence-electron chi connectivity index (χ1n) is 7.29. The third-order valence-corrected chi connectivity index (χ3v) is 4.66. The highest BCUT2D eigenvalue weighted by Gasteiger charge is 2.12. The Hall–Kier alpha value is -2.44. The van der Waals surface area contributed by atoms with E-state index < -0.39 is 0 Å². The second kappa shape index (κ2) is 7.42. The van der Waals surface area contributed by atoms with Crippen LogP contribution in [0.15, 0.2) is 52.9 Å². The van der Waals surface area contributed by atoms with E-state index >= 15 is 0 Å². The van der Waals surface area contributed by atoms with E-state index in [-0.39, 0.29) is 5.91 Å². The summed E-state index contributed by atoms with van der Waals surface area (Å²) in [4.78, 5) is 12.5. The van der Waals surface area contributed by atoms with E-state index in [2.05, 4.69) is 15.6 Å². The average molecular weight is 359 g/mol. The van der Waals surface area contributed by atoms with Crippen LogP contribution in [0.1, 0.15) is 26.5 Å². The number of hydrazone groups is 1. The Morgan fingerprint density at radius 1 is 1.33 bits per heavy atom. The molecule has 0 unspecified atom stereocenters. The van der Waals surface area contributed by atoms with Crippen molar-refractivity contribution in [2.45, 2.75) is 13.5 Å². The number of amides is 1. The van der Waals surface area contributed by atoms with E-state index in [4.69, 9.17) is 11.6 Å². The highest BCUT2D eigenvalue weighted by molar-refractivity contribution is 7.12. The van der Waals surface area contributed by atoms with Crippen molar-refractivity contribution in [1.82, 2.24) is 15.2 Å². The normalized spacial score (nSPS) is 11.1. The van der Waals surface area contributed by atoms with Gasteiger partial charge in [-0.1, -0.05) is 48.0 Å². The number of aryl methyl sites for hydroxylation is 1. The molecule has 0 saturated carbocycles. The minimum absolute atomic E-state index is 0.244. The molecule has 24 heavy (non-hydrogen) atoms. The Kier molecular flexibility index (Phi) is 5.08. The molecule has 122 valence electrons. The van der Waals surface area contributed by atoms with Crippen LogP contribution in [0, 0.1) is 6.92 Å². The number of aromatic nitrogens is 2. The number of carbonyl (C=O) groups excluding carboxylic acids is 1. The number of hydrogen-bond acceptors (Lipinski definition) is 4. The monoisotopic (exact) mass is 358 g/mol. The number of carbonyl (C=O) groups is 1. The van der Waals surface area contributed by atoms with Gasteiger partial charge in [0, 0.05) is 0 Å². The number of nitrogens with one attached hydrogen (secondary N) is 1. The van der Waals surface area contributed by atoms with Gasteiger partial charge in [-0.05, 0) is 23.9 Å². The van der Waals surface area contributed by atoms with E-state index in [0.717, 1.165) is 11.3 Å². The topological polar surface area (TPSA) is 59.3 Å². The molecule has 0 fully saturated rings. The molecule has 0 aliphatic rings. The zero-order valence-electron chi connectivity index (χ0n) is 12.9. The van der Waals surface area contributed by atoms with E-state index in [1.54, 1.807) is 10.7 Å². The SMILES string of the molecule is Cc1nn(Cc2ccccc2)c(Cl)c1C=NNC(=O)c1cccs1. The Morgan fingerprint density at radius 2 is 2.12 bits per heavy atom. The fourth-order valence-electron chi connectivity index (χ4n) is 2.19. The van der Waals surface area contributed by atoms with Crippen molar-refractivity contribution < 1.29 is 4.79 Å². The quantitative estimate of drug-likeness (QED) is 0.558. The largest absolute Gasteiger partial charge is 0.281 e. The number of rotatable bonds is 5. The molecule has 1 amide bonds. The van der Waals surface area contributed by atoms with Crippen LogP contribution >= 0.6 is 22.9 Å². The van der Waals surface area contributed by atoms with Gasteiger partial charge in [0.15, 0.2) is 0 Å². The van der Waals surface area contributed by atoms with Gasteiger partial charge in [-0.3, -0.25) is 4.79 Å². The second-order valence-electron chi connectivity index (χ2n) is 5.11. The molecule has 0 aliphatic carbocycles. The summed E-state index contributed by atoms with van der Waals surface area (Å²) < 4.78 is 1.72. The summed E-state index contributed by atoms with van der Waals surface area (Å²) in [5.74, 6) is -0.244. The van der Waals surface area contributed by atoms with E-state index in [0.29, 0.717) is 22.1 Å². The van der Waals surface area contributed by atoms with E-state index in [1.165, 1.54) is 17.6 Å². The number of nitrogens with zero attached hydrogens (tertiary/aromatic N) is 3. The molecular weight excluding hydrogens is 344 g/mol. The molecular formula is C17H15ClN4OS. The van der Waals surface area contributed by atoms with Gasteiger partial charge in [0.1, 0.15) is 5.15 Å². The summed E-state index contributed by atoms with van der Waals surface area (Å²) in [5.41, 5.74) is 5.05. The van der Waals surface area contributed by atoms with Gasteiger partial charge in [0.05, 0.1) is 28.9 Å². The molecule has 1 N–H and O–H groups in total. The van der Waals surface area contributed by atoms with Crippen molar-refractivity contribution in [3.05, 3.63) is 74.7 Å². The lowest BCUT2D eigenvalue weighted by molar-refractivity contribution is 0.0959. The molecule has 0 bridgehead atoms. The number of hydrogen-bond donors (Lipinski definition) is 1. The molecule has 5 nitrogen and oxygen atoms in total. The Labute approximate surface area is 148 Å². The highest BCUT2D eigenvalue weighted by Crippen LogP contribution is 2.19. The van der Waals surface area contributed by atoms with Crippen LogP contribution in [-0.4, -0.2) is 21.9 Å².